The number of rotatable bonds is 2. The van der Waals surface area contributed by atoms with Crippen molar-refractivity contribution < 1.29 is 4.39 Å². The Balaban J connectivity index is 2.23. The highest BCUT2D eigenvalue weighted by atomic mass is 19.1. The van der Waals surface area contributed by atoms with Crippen LogP contribution in [0.3, 0.4) is 0 Å². The van der Waals surface area contributed by atoms with Crippen LogP contribution in [0.5, 0.6) is 0 Å². The number of aryl methyl sites for hydroxylation is 2. The molecule has 1 fully saturated rings. The molecule has 0 atom stereocenters. The number of benzene rings is 1. The van der Waals surface area contributed by atoms with Crippen molar-refractivity contribution in [3.63, 3.8) is 0 Å². The average molecular weight is 271 g/mol. The van der Waals surface area contributed by atoms with E-state index in [1.54, 1.807) is 0 Å². The molecule has 3 rings (SSSR count). The zero-order chi connectivity index (χ0) is 14.4. The average Bonchev–Trinajstić information content (AvgIpc) is 3.17. The molecule has 1 saturated carbocycles. The van der Waals surface area contributed by atoms with Crippen LogP contribution in [-0.4, -0.2) is 9.97 Å². The summed E-state index contributed by atoms with van der Waals surface area (Å²) in [5, 5.41) is 0. The lowest BCUT2D eigenvalue weighted by atomic mass is 9.99. The summed E-state index contributed by atoms with van der Waals surface area (Å²) in [6.07, 6.45) is 2.19. The molecule has 0 bridgehead atoms. The summed E-state index contributed by atoms with van der Waals surface area (Å²) in [5.74, 6) is 1.36. The molecule has 2 aromatic rings. The minimum absolute atomic E-state index is 0.245. The first kappa shape index (κ1) is 13.0. The molecule has 0 aliphatic heterocycles. The van der Waals surface area contributed by atoms with E-state index in [0.717, 1.165) is 35.4 Å². The molecule has 0 unspecified atom stereocenters. The molecule has 1 aromatic heterocycles. The predicted molar refractivity (Wildman–Crippen MR) is 78.0 cm³/mol. The monoisotopic (exact) mass is 271 g/mol. The Morgan fingerprint density at radius 3 is 2.45 bits per heavy atom. The Morgan fingerprint density at radius 1 is 1.15 bits per heavy atom. The van der Waals surface area contributed by atoms with Gasteiger partial charge in [0.15, 0.2) is 0 Å². The van der Waals surface area contributed by atoms with Gasteiger partial charge in [-0.1, -0.05) is 6.07 Å². The van der Waals surface area contributed by atoms with Gasteiger partial charge >= 0.3 is 0 Å². The maximum Gasteiger partial charge on any atom is 0.134 e. The van der Waals surface area contributed by atoms with Gasteiger partial charge in [-0.05, 0) is 50.8 Å². The Kier molecular flexibility index (Phi) is 2.96. The van der Waals surface area contributed by atoms with E-state index in [0.29, 0.717) is 23.0 Å². The van der Waals surface area contributed by atoms with Gasteiger partial charge in [-0.15, -0.1) is 0 Å². The van der Waals surface area contributed by atoms with Gasteiger partial charge in [0.2, 0.25) is 0 Å². The highest BCUT2D eigenvalue weighted by Gasteiger charge is 2.28. The molecule has 0 amide bonds. The van der Waals surface area contributed by atoms with Gasteiger partial charge in [-0.25, -0.2) is 14.4 Å². The Bertz CT molecular complexity index is 667. The first-order valence-corrected chi connectivity index (χ1v) is 6.88. The first-order valence-electron chi connectivity index (χ1n) is 6.88. The molecule has 0 radical (unpaired) electrons. The van der Waals surface area contributed by atoms with Crippen molar-refractivity contribution in [1.82, 2.24) is 9.97 Å². The first-order chi connectivity index (χ1) is 9.47. The van der Waals surface area contributed by atoms with Gasteiger partial charge in [-0.2, -0.15) is 0 Å². The summed E-state index contributed by atoms with van der Waals surface area (Å²) in [6, 6.07) is 3.50. The highest BCUT2D eigenvalue weighted by Crippen LogP contribution is 2.40. The van der Waals surface area contributed by atoms with Crippen molar-refractivity contribution in [2.75, 3.05) is 5.73 Å². The van der Waals surface area contributed by atoms with E-state index >= 15 is 0 Å². The van der Waals surface area contributed by atoms with Crippen molar-refractivity contribution >= 4 is 5.82 Å². The van der Waals surface area contributed by atoms with E-state index in [4.69, 9.17) is 5.73 Å². The number of hydrogen-bond acceptors (Lipinski definition) is 3. The molecule has 104 valence electrons. The van der Waals surface area contributed by atoms with Gasteiger partial charge in [0.25, 0.3) is 0 Å². The zero-order valence-electron chi connectivity index (χ0n) is 12.0. The van der Waals surface area contributed by atoms with Crippen LogP contribution in [0.4, 0.5) is 10.2 Å². The number of hydrogen-bond donors (Lipinski definition) is 1. The fourth-order valence-electron chi connectivity index (χ4n) is 2.54. The van der Waals surface area contributed by atoms with Crippen LogP contribution < -0.4 is 5.73 Å². The summed E-state index contributed by atoms with van der Waals surface area (Å²) in [4.78, 5) is 8.93. The molecule has 4 heteroatoms. The number of aromatic nitrogens is 2. The third-order valence-corrected chi connectivity index (χ3v) is 3.81. The van der Waals surface area contributed by atoms with Crippen molar-refractivity contribution in [2.45, 2.75) is 39.5 Å². The van der Waals surface area contributed by atoms with Gasteiger partial charge < -0.3 is 5.73 Å². The molecular formula is C16H18FN3. The van der Waals surface area contributed by atoms with Crippen LogP contribution in [0.2, 0.25) is 0 Å². The normalized spacial score (nSPS) is 14.6. The summed E-state index contributed by atoms with van der Waals surface area (Å²) < 4.78 is 14.4. The topological polar surface area (TPSA) is 51.8 Å². The van der Waals surface area contributed by atoms with Crippen LogP contribution in [-0.2, 0) is 0 Å². The molecule has 1 heterocycles. The van der Waals surface area contributed by atoms with Crippen molar-refractivity contribution in [3.8, 4) is 11.3 Å². The number of anilines is 1. The fraction of sp³-hybridized carbons (Fsp3) is 0.375. The molecule has 1 aliphatic rings. The van der Waals surface area contributed by atoms with Crippen LogP contribution >= 0.6 is 0 Å². The van der Waals surface area contributed by atoms with Gasteiger partial charge in [0.05, 0.1) is 5.69 Å². The number of nitrogens with two attached hydrogens (primary N) is 1. The largest absolute Gasteiger partial charge is 0.383 e. The second kappa shape index (κ2) is 4.54. The van der Waals surface area contributed by atoms with Crippen molar-refractivity contribution in [3.05, 3.63) is 40.5 Å². The third-order valence-electron chi connectivity index (χ3n) is 3.81. The molecule has 0 spiro atoms. The smallest absolute Gasteiger partial charge is 0.134 e. The summed E-state index contributed by atoms with van der Waals surface area (Å²) in [7, 11) is 0. The second-order valence-corrected chi connectivity index (χ2v) is 5.65. The van der Waals surface area contributed by atoms with E-state index in [9.17, 15) is 4.39 Å². The van der Waals surface area contributed by atoms with Gasteiger partial charge in [0, 0.05) is 17.0 Å². The molecule has 2 N–H and O–H groups in total. The minimum Gasteiger partial charge on any atom is -0.383 e. The predicted octanol–water partition coefficient (Wildman–Crippen LogP) is 3.67. The maximum atomic E-state index is 14.4. The Morgan fingerprint density at radius 2 is 1.85 bits per heavy atom. The van der Waals surface area contributed by atoms with Crippen LogP contribution in [0.1, 0.15) is 41.3 Å². The summed E-state index contributed by atoms with van der Waals surface area (Å²) in [5.41, 5.74) is 9.70. The highest BCUT2D eigenvalue weighted by molar-refractivity contribution is 5.71. The van der Waals surface area contributed by atoms with E-state index in [2.05, 4.69) is 9.97 Å². The fourth-order valence-corrected chi connectivity index (χ4v) is 2.54. The number of nitrogen functional groups attached to an aromatic ring is 1. The zero-order valence-corrected chi connectivity index (χ0v) is 12.0. The van der Waals surface area contributed by atoms with Gasteiger partial charge in [-0.3, -0.25) is 0 Å². The lowest BCUT2D eigenvalue weighted by molar-refractivity contribution is 0.628. The van der Waals surface area contributed by atoms with Gasteiger partial charge in [0.1, 0.15) is 17.5 Å². The molecule has 1 aromatic carbocycles. The maximum absolute atomic E-state index is 14.4. The third kappa shape index (κ3) is 2.15. The van der Waals surface area contributed by atoms with Crippen LogP contribution in [0.15, 0.2) is 12.1 Å². The van der Waals surface area contributed by atoms with E-state index < -0.39 is 0 Å². The SMILES string of the molecule is Cc1cc(C)c(-c2nc(C3CC3)nc(N)c2C)c(F)c1. The Hall–Kier alpha value is -1.97. The number of nitrogens with zero attached hydrogens (tertiary/aromatic N) is 2. The van der Waals surface area contributed by atoms with Crippen molar-refractivity contribution in [2.24, 2.45) is 0 Å². The molecule has 3 nitrogen and oxygen atoms in total. The second-order valence-electron chi connectivity index (χ2n) is 5.65. The van der Waals surface area contributed by atoms with E-state index in [1.165, 1.54) is 6.07 Å². The van der Waals surface area contributed by atoms with Crippen molar-refractivity contribution in [1.29, 1.82) is 0 Å². The van der Waals surface area contributed by atoms with E-state index in [1.807, 2.05) is 26.8 Å². The Labute approximate surface area is 118 Å². The molecule has 0 saturated heterocycles. The molecular weight excluding hydrogens is 253 g/mol. The minimum atomic E-state index is -0.245. The van der Waals surface area contributed by atoms with Crippen LogP contribution in [0, 0.1) is 26.6 Å². The lowest BCUT2D eigenvalue weighted by Crippen LogP contribution is -2.06. The lowest BCUT2D eigenvalue weighted by Gasteiger charge is -2.13. The standard InChI is InChI=1S/C16H18FN3/c1-8-6-9(2)13(12(17)7-8)14-10(3)15(18)20-16(19-14)11-4-5-11/h6-7,11H,4-5H2,1-3H3,(H2,18,19,20). The van der Waals surface area contributed by atoms with E-state index in [-0.39, 0.29) is 5.82 Å². The quantitative estimate of drug-likeness (QED) is 0.906. The molecule has 20 heavy (non-hydrogen) atoms. The number of halogens is 1. The van der Waals surface area contributed by atoms with Crippen LogP contribution in [0.25, 0.3) is 11.3 Å². The summed E-state index contributed by atoms with van der Waals surface area (Å²) in [6.45, 7) is 5.64. The molecule has 1 aliphatic carbocycles. The summed E-state index contributed by atoms with van der Waals surface area (Å²) >= 11 is 0.